The summed E-state index contributed by atoms with van der Waals surface area (Å²) in [6, 6.07) is 17.9. The van der Waals surface area contributed by atoms with Crippen LogP contribution in [0.2, 0.25) is 0 Å². The number of carbonyl (C=O) groups is 2. The molecular formula is C20H24N2O3. The number of nitrogens with one attached hydrogen (secondary N) is 1. The maximum Gasteiger partial charge on any atom is 0.239 e. The molecule has 0 unspecified atom stereocenters. The highest BCUT2D eigenvalue weighted by Gasteiger charge is 2.08. The molecule has 2 amide bonds. The molecule has 0 bridgehead atoms. The molecule has 0 aliphatic rings. The molecule has 1 N–H and O–H groups in total. The third kappa shape index (κ3) is 6.67. The maximum absolute atomic E-state index is 11.7. The minimum absolute atomic E-state index is 0.0849. The third-order valence-corrected chi connectivity index (χ3v) is 3.83. The average Bonchev–Trinajstić information content (AvgIpc) is 2.62. The van der Waals surface area contributed by atoms with E-state index in [2.05, 4.69) is 5.32 Å². The quantitative estimate of drug-likeness (QED) is 0.803. The molecule has 0 saturated carbocycles. The van der Waals surface area contributed by atoms with Gasteiger partial charge >= 0.3 is 0 Å². The van der Waals surface area contributed by atoms with Gasteiger partial charge in [-0.1, -0.05) is 42.5 Å². The van der Waals surface area contributed by atoms with Crippen LogP contribution in [-0.4, -0.2) is 36.9 Å². The van der Waals surface area contributed by atoms with E-state index >= 15 is 0 Å². The van der Waals surface area contributed by atoms with E-state index in [0.717, 1.165) is 23.3 Å². The Balaban J connectivity index is 1.71. The lowest BCUT2D eigenvalue weighted by Gasteiger charge is -2.14. The van der Waals surface area contributed by atoms with Crippen molar-refractivity contribution in [3.63, 3.8) is 0 Å². The van der Waals surface area contributed by atoms with E-state index in [1.807, 2.05) is 54.6 Å². The number of nitrogens with zero attached hydrogens (tertiary/aromatic N) is 1. The summed E-state index contributed by atoms with van der Waals surface area (Å²) in [7, 11) is 1.61. The monoisotopic (exact) mass is 340 g/mol. The van der Waals surface area contributed by atoms with Gasteiger partial charge in [0.15, 0.2) is 0 Å². The maximum atomic E-state index is 11.7. The molecule has 25 heavy (non-hydrogen) atoms. The number of rotatable bonds is 8. The molecule has 0 spiro atoms. The summed E-state index contributed by atoms with van der Waals surface area (Å²) in [4.78, 5) is 24.2. The van der Waals surface area contributed by atoms with E-state index in [0.29, 0.717) is 13.2 Å². The minimum Gasteiger partial charge on any atom is -0.489 e. The predicted molar refractivity (Wildman–Crippen MR) is 97.2 cm³/mol. The summed E-state index contributed by atoms with van der Waals surface area (Å²) in [5.74, 6) is 0.543. The van der Waals surface area contributed by atoms with Crippen molar-refractivity contribution in [2.75, 3.05) is 20.1 Å². The van der Waals surface area contributed by atoms with Gasteiger partial charge in [0.2, 0.25) is 11.8 Å². The molecule has 5 nitrogen and oxygen atoms in total. The van der Waals surface area contributed by atoms with Crippen LogP contribution in [0.25, 0.3) is 0 Å². The third-order valence-electron chi connectivity index (χ3n) is 3.83. The number of hydrogen-bond acceptors (Lipinski definition) is 3. The van der Waals surface area contributed by atoms with Crippen molar-refractivity contribution in [2.24, 2.45) is 0 Å². The Morgan fingerprint density at radius 3 is 2.32 bits per heavy atom. The van der Waals surface area contributed by atoms with E-state index < -0.39 is 0 Å². The van der Waals surface area contributed by atoms with Crippen molar-refractivity contribution in [1.82, 2.24) is 10.2 Å². The van der Waals surface area contributed by atoms with E-state index in [1.165, 1.54) is 11.8 Å². The number of likely N-dealkylation sites (N-methyl/N-ethyl adjacent to an activating group) is 1. The first kappa shape index (κ1) is 18.5. The Kier molecular flexibility index (Phi) is 7.01. The Bertz CT molecular complexity index is 684. The average molecular weight is 340 g/mol. The lowest BCUT2D eigenvalue weighted by molar-refractivity contribution is -0.133. The molecule has 0 saturated heterocycles. The van der Waals surface area contributed by atoms with Gasteiger partial charge in [0.1, 0.15) is 12.4 Å². The highest BCUT2D eigenvalue weighted by Crippen LogP contribution is 2.14. The van der Waals surface area contributed by atoms with Crippen LogP contribution in [-0.2, 0) is 22.6 Å². The molecule has 5 heteroatoms. The molecule has 0 aromatic heterocycles. The van der Waals surface area contributed by atoms with Crippen molar-refractivity contribution in [3.05, 3.63) is 65.7 Å². The largest absolute Gasteiger partial charge is 0.489 e. The molecule has 132 valence electrons. The van der Waals surface area contributed by atoms with Gasteiger partial charge < -0.3 is 15.0 Å². The fraction of sp³-hybridized carbons (Fsp3) is 0.300. The predicted octanol–water partition coefficient (Wildman–Crippen LogP) is 2.40. The van der Waals surface area contributed by atoms with Crippen molar-refractivity contribution in [1.29, 1.82) is 0 Å². The second-order valence-electron chi connectivity index (χ2n) is 5.89. The molecule has 0 atom stereocenters. The first-order chi connectivity index (χ1) is 12.0. The van der Waals surface area contributed by atoms with Crippen molar-refractivity contribution < 1.29 is 14.3 Å². The first-order valence-corrected chi connectivity index (χ1v) is 8.28. The summed E-state index contributed by atoms with van der Waals surface area (Å²) >= 11 is 0. The molecule has 0 heterocycles. The summed E-state index contributed by atoms with van der Waals surface area (Å²) in [5.41, 5.74) is 2.25. The highest BCUT2D eigenvalue weighted by atomic mass is 16.5. The normalized spacial score (nSPS) is 10.2. The Morgan fingerprint density at radius 1 is 1.00 bits per heavy atom. The molecular weight excluding hydrogens is 316 g/mol. The lowest BCUT2D eigenvalue weighted by Crippen LogP contribution is -2.38. The Morgan fingerprint density at radius 2 is 1.68 bits per heavy atom. The smallest absolute Gasteiger partial charge is 0.239 e. The zero-order valence-corrected chi connectivity index (χ0v) is 14.7. The zero-order valence-electron chi connectivity index (χ0n) is 14.7. The second kappa shape index (κ2) is 9.47. The van der Waals surface area contributed by atoms with E-state index in [9.17, 15) is 9.59 Å². The summed E-state index contributed by atoms with van der Waals surface area (Å²) < 4.78 is 5.75. The summed E-state index contributed by atoms with van der Waals surface area (Å²) in [6.45, 7) is 2.60. The molecule has 0 aliphatic heterocycles. The highest BCUT2D eigenvalue weighted by molar-refractivity contribution is 5.83. The topological polar surface area (TPSA) is 58.6 Å². The van der Waals surface area contributed by atoms with Gasteiger partial charge in [-0.25, -0.2) is 0 Å². The lowest BCUT2D eigenvalue weighted by atomic mass is 10.1. The van der Waals surface area contributed by atoms with Crippen LogP contribution in [0.1, 0.15) is 18.1 Å². The number of carbonyl (C=O) groups excluding carboxylic acids is 2. The fourth-order valence-corrected chi connectivity index (χ4v) is 2.22. The van der Waals surface area contributed by atoms with E-state index in [-0.39, 0.29) is 18.4 Å². The van der Waals surface area contributed by atoms with Gasteiger partial charge in [-0.3, -0.25) is 9.59 Å². The summed E-state index contributed by atoms with van der Waals surface area (Å²) in [5, 5.41) is 2.81. The number of benzene rings is 2. The molecule has 0 radical (unpaired) electrons. The van der Waals surface area contributed by atoms with Crippen LogP contribution in [0.4, 0.5) is 0 Å². The molecule has 0 aliphatic carbocycles. The van der Waals surface area contributed by atoms with Crippen LogP contribution in [0, 0.1) is 0 Å². The SMILES string of the molecule is CC(=O)N(C)CC(=O)NCCc1ccc(OCc2ccccc2)cc1. The van der Waals surface area contributed by atoms with Crippen LogP contribution >= 0.6 is 0 Å². The second-order valence-corrected chi connectivity index (χ2v) is 5.89. The molecule has 2 aromatic rings. The van der Waals surface area contributed by atoms with Gasteiger partial charge in [-0.2, -0.15) is 0 Å². The summed E-state index contributed by atoms with van der Waals surface area (Å²) in [6.07, 6.45) is 0.731. The van der Waals surface area contributed by atoms with Gasteiger partial charge in [0.05, 0.1) is 6.54 Å². The number of ether oxygens (including phenoxy) is 1. The molecule has 0 fully saturated rings. The zero-order chi connectivity index (χ0) is 18.1. The Labute approximate surface area is 148 Å². The van der Waals surface area contributed by atoms with Crippen LogP contribution in [0.15, 0.2) is 54.6 Å². The Hall–Kier alpha value is -2.82. The first-order valence-electron chi connectivity index (χ1n) is 8.28. The van der Waals surface area contributed by atoms with E-state index in [4.69, 9.17) is 4.74 Å². The van der Waals surface area contributed by atoms with Gasteiger partial charge in [-0.15, -0.1) is 0 Å². The van der Waals surface area contributed by atoms with Crippen molar-refractivity contribution >= 4 is 11.8 Å². The van der Waals surface area contributed by atoms with Gasteiger partial charge in [-0.05, 0) is 29.7 Å². The standard InChI is InChI=1S/C20H24N2O3/c1-16(23)22(2)14-20(24)21-13-12-17-8-10-19(11-9-17)25-15-18-6-4-3-5-7-18/h3-11H,12-15H2,1-2H3,(H,21,24). The number of hydrogen-bond donors (Lipinski definition) is 1. The van der Waals surface area contributed by atoms with Gasteiger partial charge in [0.25, 0.3) is 0 Å². The van der Waals surface area contributed by atoms with E-state index in [1.54, 1.807) is 7.05 Å². The van der Waals surface area contributed by atoms with Crippen LogP contribution < -0.4 is 10.1 Å². The van der Waals surface area contributed by atoms with Crippen molar-refractivity contribution in [2.45, 2.75) is 20.0 Å². The molecule has 2 rings (SSSR count). The fourth-order valence-electron chi connectivity index (χ4n) is 2.22. The van der Waals surface area contributed by atoms with Gasteiger partial charge in [0, 0.05) is 20.5 Å². The number of amides is 2. The van der Waals surface area contributed by atoms with Crippen LogP contribution in [0.3, 0.4) is 0 Å². The van der Waals surface area contributed by atoms with Crippen molar-refractivity contribution in [3.8, 4) is 5.75 Å². The molecule has 2 aromatic carbocycles. The minimum atomic E-state index is -0.152. The van der Waals surface area contributed by atoms with Crippen LogP contribution in [0.5, 0.6) is 5.75 Å².